The number of fused-ring (bicyclic) bond motifs is 1. The normalized spacial score (nSPS) is 16.3. The molecule has 1 N–H and O–H groups in total. The number of rotatable bonds is 4. The Balaban J connectivity index is 1.49. The summed E-state index contributed by atoms with van der Waals surface area (Å²) in [4.78, 5) is 15.0. The Hall–Kier alpha value is -2.64. The van der Waals surface area contributed by atoms with Gasteiger partial charge in [-0.15, -0.1) is 0 Å². The number of methoxy groups -OCH3 is 1. The molecule has 0 amide bonds. The zero-order chi connectivity index (χ0) is 19.7. The number of carbonyl (C=O) groups excluding carboxylic acids is 1. The van der Waals surface area contributed by atoms with Crippen LogP contribution in [0.2, 0.25) is 0 Å². The van der Waals surface area contributed by atoms with Crippen LogP contribution < -0.4 is 0 Å². The van der Waals surface area contributed by atoms with Crippen molar-refractivity contribution in [3.8, 4) is 0 Å². The van der Waals surface area contributed by atoms with Gasteiger partial charge in [0.2, 0.25) is 10.0 Å². The molecule has 6 nitrogen and oxygen atoms in total. The van der Waals surface area contributed by atoms with Crippen LogP contribution in [0.5, 0.6) is 0 Å². The lowest BCUT2D eigenvalue weighted by atomic mass is 9.90. The SMILES string of the molecule is COC(=O)c1ccc(S(=O)(=O)N2CCC(c3c[nH]c4ccccc34)CC2)cc1. The van der Waals surface area contributed by atoms with Gasteiger partial charge in [-0.1, -0.05) is 18.2 Å². The quantitative estimate of drug-likeness (QED) is 0.682. The lowest BCUT2D eigenvalue weighted by molar-refractivity contribution is 0.0600. The van der Waals surface area contributed by atoms with Crippen molar-refractivity contribution in [3.63, 3.8) is 0 Å². The Kier molecular flexibility index (Phi) is 4.95. The Bertz CT molecular complexity index is 1090. The number of nitrogens with zero attached hydrogens (tertiary/aromatic N) is 1. The van der Waals surface area contributed by atoms with E-state index in [1.54, 1.807) is 0 Å². The number of para-hydroxylation sites is 1. The summed E-state index contributed by atoms with van der Waals surface area (Å²) in [6.07, 6.45) is 3.60. The minimum Gasteiger partial charge on any atom is -0.465 e. The molecule has 4 rings (SSSR count). The standard InChI is InChI=1S/C21H22N2O4S/c1-27-21(24)16-6-8-17(9-7-16)28(25,26)23-12-10-15(11-13-23)19-14-22-20-5-3-2-4-18(19)20/h2-9,14-15,22H,10-13H2,1H3. The minimum absolute atomic E-state index is 0.200. The van der Waals surface area contributed by atoms with Crippen LogP contribution in [0.25, 0.3) is 10.9 Å². The largest absolute Gasteiger partial charge is 0.465 e. The molecule has 0 unspecified atom stereocenters. The molecule has 2 heterocycles. The van der Waals surface area contributed by atoms with E-state index >= 15 is 0 Å². The number of aromatic amines is 1. The number of benzene rings is 2. The zero-order valence-corrected chi connectivity index (χ0v) is 16.4. The number of esters is 1. The van der Waals surface area contributed by atoms with Crippen molar-refractivity contribution >= 4 is 26.9 Å². The van der Waals surface area contributed by atoms with Gasteiger partial charge >= 0.3 is 5.97 Å². The number of aromatic nitrogens is 1. The third kappa shape index (κ3) is 3.31. The fraction of sp³-hybridized carbons (Fsp3) is 0.286. The molecule has 0 spiro atoms. The molecule has 0 atom stereocenters. The second kappa shape index (κ2) is 7.41. The smallest absolute Gasteiger partial charge is 0.337 e. The number of hydrogen-bond donors (Lipinski definition) is 1. The molecule has 28 heavy (non-hydrogen) atoms. The maximum Gasteiger partial charge on any atom is 0.337 e. The van der Waals surface area contributed by atoms with Gasteiger partial charge in [0.05, 0.1) is 17.6 Å². The van der Waals surface area contributed by atoms with E-state index in [-0.39, 0.29) is 4.90 Å². The van der Waals surface area contributed by atoms with Gasteiger partial charge in [-0.3, -0.25) is 0 Å². The Morgan fingerprint density at radius 1 is 1.07 bits per heavy atom. The summed E-state index contributed by atoms with van der Waals surface area (Å²) < 4.78 is 32.1. The van der Waals surface area contributed by atoms with E-state index in [1.165, 1.54) is 46.6 Å². The number of H-pyrrole nitrogens is 1. The fourth-order valence-electron chi connectivity index (χ4n) is 3.87. The predicted octanol–water partition coefficient (Wildman–Crippen LogP) is 3.52. The van der Waals surface area contributed by atoms with Crippen molar-refractivity contribution in [1.82, 2.24) is 9.29 Å². The predicted molar refractivity (Wildman–Crippen MR) is 107 cm³/mol. The van der Waals surface area contributed by atoms with E-state index in [1.807, 2.05) is 18.3 Å². The first-order valence-electron chi connectivity index (χ1n) is 9.25. The van der Waals surface area contributed by atoms with E-state index in [0.29, 0.717) is 24.6 Å². The van der Waals surface area contributed by atoms with Crippen molar-refractivity contribution in [2.24, 2.45) is 0 Å². The molecule has 1 aromatic heterocycles. The highest BCUT2D eigenvalue weighted by atomic mass is 32.2. The van der Waals surface area contributed by atoms with Gasteiger partial charge < -0.3 is 9.72 Å². The van der Waals surface area contributed by atoms with Crippen molar-refractivity contribution in [1.29, 1.82) is 0 Å². The van der Waals surface area contributed by atoms with Gasteiger partial charge in [-0.05, 0) is 54.7 Å². The van der Waals surface area contributed by atoms with Crippen LogP contribution in [0.3, 0.4) is 0 Å². The Labute approximate surface area is 164 Å². The minimum atomic E-state index is -3.57. The molecular formula is C21H22N2O4S. The van der Waals surface area contributed by atoms with Crippen LogP contribution in [0.4, 0.5) is 0 Å². The highest BCUT2D eigenvalue weighted by Crippen LogP contribution is 2.34. The van der Waals surface area contributed by atoms with Crippen molar-refractivity contribution in [3.05, 3.63) is 65.9 Å². The van der Waals surface area contributed by atoms with Gasteiger partial charge in [0.25, 0.3) is 0 Å². The molecule has 0 bridgehead atoms. The summed E-state index contributed by atoms with van der Waals surface area (Å²) in [6.45, 7) is 0.955. The van der Waals surface area contributed by atoms with Gasteiger partial charge in [0, 0.05) is 30.2 Å². The second-order valence-electron chi connectivity index (χ2n) is 6.98. The zero-order valence-electron chi connectivity index (χ0n) is 15.6. The molecule has 1 aliphatic heterocycles. The summed E-state index contributed by atoms with van der Waals surface area (Å²) in [5.41, 5.74) is 2.70. The first-order chi connectivity index (χ1) is 13.5. The number of carbonyl (C=O) groups is 1. The average molecular weight is 398 g/mol. The van der Waals surface area contributed by atoms with Crippen LogP contribution in [0, 0.1) is 0 Å². The van der Waals surface area contributed by atoms with E-state index < -0.39 is 16.0 Å². The lowest BCUT2D eigenvalue weighted by Crippen LogP contribution is -2.37. The maximum atomic E-state index is 12.9. The molecule has 146 valence electrons. The van der Waals surface area contributed by atoms with Gasteiger partial charge in [0.1, 0.15) is 0 Å². The van der Waals surface area contributed by atoms with E-state index in [0.717, 1.165) is 18.4 Å². The number of ether oxygens (including phenoxy) is 1. The lowest BCUT2D eigenvalue weighted by Gasteiger charge is -2.31. The molecular weight excluding hydrogens is 376 g/mol. The van der Waals surface area contributed by atoms with Crippen LogP contribution in [-0.2, 0) is 14.8 Å². The number of hydrogen-bond acceptors (Lipinski definition) is 4. The van der Waals surface area contributed by atoms with Crippen LogP contribution in [0.1, 0.15) is 34.7 Å². The summed E-state index contributed by atoms with van der Waals surface area (Å²) >= 11 is 0. The van der Waals surface area contributed by atoms with Crippen molar-refractivity contribution in [2.45, 2.75) is 23.7 Å². The summed E-state index contributed by atoms with van der Waals surface area (Å²) in [6, 6.07) is 14.1. The molecule has 1 fully saturated rings. The topological polar surface area (TPSA) is 79.5 Å². The molecule has 2 aromatic carbocycles. The number of sulfonamides is 1. The molecule has 0 aliphatic carbocycles. The van der Waals surface area contributed by atoms with Crippen LogP contribution in [-0.4, -0.2) is 43.9 Å². The Morgan fingerprint density at radius 2 is 1.75 bits per heavy atom. The van der Waals surface area contributed by atoms with E-state index in [2.05, 4.69) is 21.9 Å². The monoisotopic (exact) mass is 398 g/mol. The average Bonchev–Trinajstić information content (AvgIpc) is 3.17. The first-order valence-corrected chi connectivity index (χ1v) is 10.7. The first kappa shape index (κ1) is 18.7. The van der Waals surface area contributed by atoms with Crippen LogP contribution >= 0.6 is 0 Å². The highest BCUT2D eigenvalue weighted by Gasteiger charge is 2.30. The summed E-state index contributed by atoms with van der Waals surface area (Å²) in [5, 5.41) is 1.21. The van der Waals surface area contributed by atoms with Gasteiger partial charge in [-0.25, -0.2) is 13.2 Å². The third-order valence-electron chi connectivity index (χ3n) is 5.43. The summed E-state index contributed by atoms with van der Waals surface area (Å²) in [7, 11) is -2.28. The maximum absolute atomic E-state index is 12.9. The molecule has 1 saturated heterocycles. The summed E-state index contributed by atoms with van der Waals surface area (Å²) in [5.74, 6) is -0.146. The third-order valence-corrected chi connectivity index (χ3v) is 7.34. The number of piperidine rings is 1. The second-order valence-corrected chi connectivity index (χ2v) is 8.92. The molecule has 0 saturated carbocycles. The highest BCUT2D eigenvalue weighted by molar-refractivity contribution is 7.89. The van der Waals surface area contributed by atoms with Crippen molar-refractivity contribution < 1.29 is 17.9 Å². The van der Waals surface area contributed by atoms with Crippen LogP contribution in [0.15, 0.2) is 59.6 Å². The van der Waals surface area contributed by atoms with E-state index in [4.69, 9.17) is 0 Å². The van der Waals surface area contributed by atoms with Gasteiger partial charge in [0.15, 0.2) is 0 Å². The molecule has 7 heteroatoms. The van der Waals surface area contributed by atoms with Crippen molar-refractivity contribution in [2.75, 3.05) is 20.2 Å². The Morgan fingerprint density at radius 3 is 2.43 bits per heavy atom. The molecule has 1 aliphatic rings. The molecule has 0 radical (unpaired) electrons. The molecule has 3 aromatic rings. The van der Waals surface area contributed by atoms with Gasteiger partial charge in [-0.2, -0.15) is 4.31 Å². The van der Waals surface area contributed by atoms with E-state index in [9.17, 15) is 13.2 Å². The fourth-order valence-corrected chi connectivity index (χ4v) is 5.34. The number of nitrogens with one attached hydrogen (secondary N) is 1.